The van der Waals surface area contributed by atoms with Crippen molar-refractivity contribution in [2.24, 2.45) is 15.5 Å². The molecule has 5 rings (SSSR count). The number of ether oxygens (including phenoxy) is 2. The molecule has 1 aromatic carbocycles. The van der Waals surface area contributed by atoms with Crippen LogP contribution < -0.4 is 10.2 Å². The highest BCUT2D eigenvalue weighted by Crippen LogP contribution is 2.30. The third kappa shape index (κ3) is 4.96. The molecule has 12 nitrogen and oxygen atoms in total. The summed E-state index contributed by atoms with van der Waals surface area (Å²) in [4.78, 5) is 34.9. The third-order valence-electron chi connectivity index (χ3n) is 5.85. The minimum atomic E-state index is -0.560. The van der Waals surface area contributed by atoms with E-state index in [4.69, 9.17) is 14.3 Å². The molecule has 36 heavy (non-hydrogen) atoms. The van der Waals surface area contributed by atoms with Crippen molar-refractivity contribution in [3.8, 4) is 11.1 Å². The first-order chi connectivity index (χ1) is 17.5. The topological polar surface area (TPSA) is 130 Å². The number of carbonyl (C=O) groups is 2. The lowest BCUT2D eigenvalue weighted by Crippen LogP contribution is -2.33. The summed E-state index contributed by atoms with van der Waals surface area (Å²) in [5, 5.41) is 16.2. The number of oxime groups is 1. The van der Waals surface area contributed by atoms with Crippen LogP contribution >= 0.6 is 0 Å². The monoisotopic (exact) mass is 497 g/mol. The van der Waals surface area contributed by atoms with Gasteiger partial charge in [-0.05, 0) is 31.3 Å². The van der Waals surface area contributed by atoms with Gasteiger partial charge in [-0.3, -0.25) is 14.7 Å². The van der Waals surface area contributed by atoms with E-state index in [0.29, 0.717) is 47.7 Å². The highest BCUT2D eigenvalue weighted by Gasteiger charge is 2.37. The lowest BCUT2D eigenvalue weighted by Gasteiger charge is -2.18. The molecule has 1 unspecified atom stereocenters. The van der Waals surface area contributed by atoms with Crippen LogP contribution in [-0.4, -0.2) is 79.9 Å². The minimum absolute atomic E-state index is 0.0938. The number of esters is 1. The summed E-state index contributed by atoms with van der Waals surface area (Å²) < 4.78 is 25.5. The van der Waals surface area contributed by atoms with E-state index in [-0.39, 0.29) is 31.8 Å². The van der Waals surface area contributed by atoms with Gasteiger partial charge < -0.3 is 19.6 Å². The number of nitrogens with one attached hydrogen (secondary N) is 1. The molecule has 1 fully saturated rings. The molecule has 0 spiro atoms. The third-order valence-corrected chi connectivity index (χ3v) is 5.85. The Kier molecular flexibility index (Phi) is 6.71. The van der Waals surface area contributed by atoms with Gasteiger partial charge in [0.1, 0.15) is 18.1 Å². The summed E-state index contributed by atoms with van der Waals surface area (Å²) in [6.07, 6.45) is 0.501. The first-order valence-corrected chi connectivity index (χ1v) is 11.4. The predicted molar refractivity (Wildman–Crippen MR) is 125 cm³/mol. The van der Waals surface area contributed by atoms with Gasteiger partial charge in [0.25, 0.3) is 0 Å². The minimum Gasteiger partial charge on any atom is -0.461 e. The van der Waals surface area contributed by atoms with Gasteiger partial charge in [0.2, 0.25) is 6.23 Å². The van der Waals surface area contributed by atoms with E-state index >= 15 is 4.39 Å². The van der Waals surface area contributed by atoms with E-state index in [1.54, 1.807) is 42.5 Å². The Hall–Kier alpha value is -4.13. The fraction of sp³-hybridized carbons (Fsp3) is 0.391. The number of pyridine rings is 1. The van der Waals surface area contributed by atoms with E-state index in [2.05, 4.69) is 25.8 Å². The number of aromatic nitrogens is 1. The highest BCUT2D eigenvalue weighted by atomic mass is 19.1. The van der Waals surface area contributed by atoms with Gasteiger partial charge in [-0.2, -0.15) is 5.11 Å². The zero-order valence-corrected chi connectivity index (χ0v) is 19.5. The number of nitrogens with zero attached hydrogens (tertiary/aromatic N) is 6. The molecule has 1 saturated heterocycles. The molecule has 1 aromatic heterocycles. The van der Waals surface area contributed by atoms with Crippen molar-refractivity contribution >= 4 is 23.5 Å². The number of rotatable bonds is 8. The quantitative estimate of drug-likeness (QED) is 0.549. The standard InChI is InChI=1S/C23H24FN7O5/c1-25-11-22(32)34-13-16-9-20(28-36-16)19-5-2-14(10-26-19)17-4-3-15(8-18(17)24)30-12-21(35-23(30)33)31-7-6-27-29-31/h2-5,8,10,16,21,25H,6-7,9,11-13H2,1H3/t16?,21-/m1/s1. The Morgan fingerprint density at radius 2 is 2.19 bits per heavy atom. The summed E-state index contributed by atoms with van der Waals surface area (Å²) in [6, 6.07) is 8.03. The molecule has 4 heterocycles. The average molecular weight is 497 g/mol. The number of carbonyl (C=O) groups excluding carboxylic acids is 2. The van der Waals surface area contributed by atoms with Crippen LogP contribution in [0.15, 0.2) is 52.0 Å². The zero-order chi connectivity index (χ0) is 25.1. The SMILES string of the molecule is CNCC(=O)OCC1CC(c2ccc(-c3ccc(N4C[C@H](N5CCN=N5)OC4=O)cc3F)cn2)=NO1. The maximum atomic E-state index is 15.0. The van der Waals surface area contributed by atoms with Gasteiger partial charge in [-0.25, -0.2) is 14.2 Å². The molecule has 0 saturated carbocycles. The molecule has 1 N–H and O–H groups in total. The van der Waals surface area contributed by atoms with Crippen LogP contribution in [0.2, 0.25) is 0 Å². The highest BCUT2D eigenvalue weighted by molar-refractivity contribution is 5.99. The number of cyclic esters (lactones) is 1. The summed E-state index contributed by atoms with van der Waals surface area (Å²) in [7, 11) is 1.66. The van der Waals surface area contributed by atoms with Crippen molar-refractivity contribution in [1.82, 2.24) is 15.3 Å². The zero-order valence-electron chi connectivity index (χ0n) is 19.5. The van der Waals surface area contributed by atoms with E-state index < -0.39 is 18.1 Å². The van der Waals surface area contributed by atoms with Crippen molar-refractivity contribution in [2.45, 2.75) is 18.8 Å². The maximum Gasteiger partial charge on any atom is 0.416 e. The van der Waals surface area contributed by atoms with Gasteiger partial charge in [-0.1, -0.05) is 16.4 Å². The number of halogens is 1. The van der Waals surface area contributed by atoms with Crippen molar-refractivity contribution in [3.63, 3.8) is 0 Å². The van der Waals surface area contributed by atoms with E-state index in [9.17, 15) is 9.59 Å². The molecule has 13 heteroatoms. The molecule has 3 aliphatic heterocycles. The van der Waals surface area contributed by atoms with Gasteiger partial charge >= 0.3 is 12.1 Å². The fourth-order valence-electron chi connectivity index (χ4n) is 4.01. The van der Waals surface area contributed by atoms with E-state index in [0.717, 1.165) is 0 Å². The number of anilines is 1. The maximum absolute atomic E-state index is 15.0. The largest absolute Gasteiger partial charge is 0.461 e. The van der Waals surface area contributed by atoms with E-state index in [1.807, 2.05) is 0 Å². The van der Waals surface area contributed by atoms with Crippen LogP contribution in [-0.2, 0) is 19.1 Å². The molecular weight excluding hydrogens is 473 g/mol. The van der Waals surface area contributed by atoms with Gasteiger partial charge in [0.05, 0.1) is 37.6 Å². The van der Waals surface area contributed by atoms with Crippen LogP contribution in [0.3, 0.4) is 0 Å². The smallest absolute Gasteiger partial charge is 0.416 e. The summed E-state index contributed by atoms with van der Waals surface area (Å²) in [5.41, 5.74) is 2.51. The second-order valence-electron chi connectivity index (χ2n) is 8.35. The van der Waals surface area contributed by atoms with Crippen molar-refractivity contribution in [3.05, 3.63) is 48.0 Å². The molecule has 2 atom stereocenters. The van der Waals surface area contributed by atoms with Crippen molar-refractivity contribution < 1.29 is 28.3 Å². The summed E-state index contributed by atoms with van der Waals surface area (Å²) in [6.45, 7) is 1.57. The Labute approximate surface area is 205 Å². The molecular formula is C23H24FN7O5. The van der Waals surface area contributed by atoms with Crippen LogP contribution in [0.1, 0.15) is 12.1 Å². The van der Waals surface area contributed by atoms with Gasteiger partial charge in [0.15, 0.2) is 6.10 Å². The fourth-order valence-corrected chi connectivity index (χ4v) is 4.01. The Morgan fingerprint density at radius 3 is 2.92 bits per heavy atom. The number of hydrogen-bond donors (Lipinski definition) is 1. The molecule has 0 aliphatic carbocycles. The predicted octanol–water partition coefficient (Wildman–Crippen LogP) is 2.11. The summed E-state index contributed by atoms with van der Waals surface area (Å²) >= 11 is 0. The normalized spacial score (nSPS) is 20.9. The summed E-state index contributed by atoms with van der Waals surface area (Å²) in [5.74, 6) is -0.867. The van der Waals surface area contributed by atoms with Crippen LogP contribution in [0.25, 0.3) is 11.1 Å². The number of benzene rings is 1. The Balaban J connectivity index is 1.21. The molecule has 0 radical (unpaired) electrons. The van der Waals surface area contributed by atoms with Gasteiger partial charge in [-0.15, -0.1) is 0 Å². The number of likely N-dealkylation sites (N-methyl/N-ethyl adjacent to an activating group) is 1. The Morgan fingerprint density at radius 1 is 1.31 bits per heavy atom. The first kappa shape index (κ1) is 23.6. The molecule has 1 amide bonds. The van der Waals surface area contributed by atoms with E-state index in [1.165, 1.54) is 11.0 Å². The number of hydrogen-bond acceptors (Lipinski definition) is 11. The first-order valence-electron chi connectivity index (χ1n) is 11.4. The average Bonchev–Trinajstić information content (AvgIpc) is 3.64. The second-order valence-corrected chi connectivity index (χ2v) is 8.35. The van der Waals surface area contributed by atoms with Crippen molar-refractivity contribution in [2.75, 3.05) is 44.7 Å². The van der Waals surface area contributed by atoms with Crippen LogP contribution in [0, 0.1) is 5.82 Å². The Bertz CT molecular complexity index is 1210. The molecule has 2 aromatic rings. The lowest BCUT2D eigenvalue weighted by molar-refractivity contribution is -0.146. The molecule has 0 bridgehead atoms. The molecule has 3 aliphatic rings. The van der Waals surface area contributed by atoms with Gasteiger partial charge in [0, 0.05) is 23.7 Å². The second kappa shape index (κ2) is 10.2. The van der Waals surface area contributed by atoms with Crippen LogP contribution in [0.4, 0.5) is 14.9 Å². The lowest BCUT2D eigenvalue weighted by atomic mass is 10.0. The molecule has 188 valence electrons. The van der Waals surface area contributed by atoms with Crippen LogP contribution in [0.5, 0.6) is 0 Å². The number of amides is 1. The van der Waals surface area contributed by atoms with Crippen molar-refractivity contribution in [1.29, 1.82) is 0 Å².